The van der Waals surface area contributed by atoms with Gasteiger partial charge in [-0.25, -0.2) is 4.79 Å². The number of carbonyl (C=O) groups is 19. The van der Waals surface area contributed by atoms with E-state index in [1.807, 2.05) is 0 Å². The standard InChI is InChI=1S/C63H108N18O25/c1-29(2)25-42(79-61(103)43(28-83)80-53(95)34(8)72-57(99)38(15-19-44(67)84)77-62(104)49(30(3)4)81-54(96)35(66)27-82)60(102)76-40(17-21-47(88)89)59(101)71-32(6)51(93)75-39(16-20-46(86)87)58(100)70-31(5)50(92)74-36(13-9-11-23-64)55(97)68-26-45(85)73-37(14-10-12-24-65)56(98)69-33(7)52(94)78-41(63(105)106)18-22-48(90)91/h29-43,49,82-83H,9-28,64-66H2,1-8H3,(H2,67,84)(H,68,97)(H,69,98)(H,70,100)(H,71,101)(H,72,99)(H,73,85)(H,74,92)(H,75,93)(H,76,102)(H,77,104)(H,78,94)(H,79,103)(H,80,95)(H,81,96)(H,86,87)(H,88,89)(H,90,91)(H,105,106)/t31-,32-,33-,34-,35-,36-,37-,38-,39-,40-,41-,42-,43-,49-/m0/s1. The fourth-order valence-corrected chi connectivity index (χ4v) is 9.50. The molecule has 600 valence electrons. The van der Waals surface area contributed by atoms with E-state index in [0.29, 0.717) is 12.8 Å². The Kier molecular flexibility index (Phi) is 45.4. The first-order chi connectivity index (χ1) is 49.5. The van der Waals surface area contributed by atoms with E-state index in [4.69, 9.17) is 28.0 Å². The summed E-state index contributed by atoms with van der Waals surface area (Å²) in [6, 6.07) is -21.7. The normalized spacial score (nSPS) is 15.0. The maximum absolute atomic E-state index is 14.0. The van der Waals surface area contributed by atoms with Crippen LogP contribution in [0.4, 0.5) is 0 Å². The molecule has 0 saturated heterocycles. The Labute approximate surface area is 610 Å². The summed E-state index contributed by atoms with van der Waals surface area (Å²) in [5.41, 5.74) is 22.1. The number of primary amides is 1. The zero-order valence-electron chi connectivity index (χ0n) is 60.6. The molecular formula is C63H108N18O25. The summed E-state index contributed by atoms with van der Waals surface area (Å²) in [7, 11) is 0. The molecule has 0 rings (SSSR count). The quantitative estimate of drug-likeness (QED) is 0.0252. The number of rotatable bonds is 54. The second kappa shape index (κ2) is 50.2. The number of carboxylic acid groups (broad SMARTS) is 4. The molecule has 0 aliphatic carbocycles. The molecule has 0 aromatic heterocycles. The minimum absolute atomic E-state index is 0.0224. The molecule has 0 unspecified atom stereocenters. The lowest BCUT2D eigenvalue weighted by molar-refractivity contribution is -0.143. The number of aliphatic carboxylic acids is 4. The average Bonchev–Trinajstić information content (AvgIpc) is 0.872. The summed E-state index contributed by atoms with van der Waals surface area (Å²) in [6.45, 7) is 8.63. The van der Waals surface area contributed by atoms with E-state index < -0.39 is 280 Å². The fourth-order valence-electron chi connectivity index (χ4n) is 9.50. The summed E-state index contributed by atoms with van der Waals surface area (Å²) < 4.78 is 0. The molecule has 0 aromatic rings. The van der Waals surface area contributed by atoms with Crippen molar-refractivity contribution in [2.24, 2.45) is 34.8 Å². The van der Waals surface area contributed by atoms with Crippen molar-refractivity contribution in [3.63, 3.8) is 0 Å². The smallest absolute Gasteiger partial charge is 0.326 e. The molecule has 106 heavy (non-hydrogen) atoms. The fraction of sp³-hybridized carbons (Fsp3) is 0.698. The van der Waals surface area contributed by atoms with Gasteiger partial charge in [-0.05, 0) is 123 Å². The van der Waals surface area contributed by atoms with Gasteiger partial charge in [-0.1, -0.05) is 27.7 Å². The van der Waals surface area contributed by atoms with Gasteiger partial charge < -0.3 is 128 Å². The molecule has 0 bridgehead atoms. The minimum atomic E-state index is -1.84. The number of amides is 15. The molecule has 28 N–H and O–H groups in total. The number of unbranched alkanes of at least 4 members (excludes halogenated alkanes) is 2. The number of hydrogen-bond donors (Lipinski definition) is 24. The lowest BCUT2D eigenvalue weighted by atomic mass is 10.0. The van der Waals surface area contributed by atoms with Gasteiger partial charge in [0.15, 0.2) is 0 Å². The predicted molar refractivity (Wildman–Crippen MR) is 370 cm³/mol. The van der Waals surface area contributed by atoms with Crippen LogP contribution in [0.3, 0.4) is 0 Å². The first-order valence-electron chi connectivity index (χ1n) is 34.3. The highest BCUT2D eigenvalue weighted by molar-refractivity contribution is 6.00. The molecule has 0 radical (unpaired) electrons. The summed E-state index contributed by atoms with van der Waals surface area (Å²) >= 11 is 0. The Morgan fingerprint density at radius 1 is 0.330 bits per heavy atom. The molecule has 0 spiro atoms. The van der Waals surface area contributed by atoms with Gasteiger partial charge in [0.25, 0.3) is 0 Å². The molecule has 14 atom stereocenters. The van der Waals surface area contributed by atoms with Crippen molar-refractivity contribution in [2.75, 3.05) is 32.8 Å². The molecule has 43 heteroatoms. The van der Waals surface area contributed by atoms with E-state index >= 15 is 0 Å². The van der Waals surface area contributed by atoms with Gasteiger partial charge in [-0.15, -0.1) is 0 Å². The van der Waals surface area contributed by atoms with E-state index in [1.54, 1.807) is 27.7 Å². The Hall–Kier alpha value is -10.3. The van der Waals surface area contributed by atoms with Gasteiger partial charge >= 0.3 is 23.9 Å². The van der Waals surface area contributed by atoms with Crippen LogP contribution in [0.1, 0.15) is 152 Å². The van der Waals surface area contributed by atoms with E-state index in [2.05, 4.69) is 74.4 Å². The summed E-state index contributed by atoms with van der Waals surface area (Å²) in [5, 5.41) is 89.5. The van der Waals surface area contributed by atoms with Gasteiger partial charge in [0.2, 0.25) is 88.6 Å². The molecule has 0 aliphatic rings. The molecule has 0 saturated carbocycles. The number of aliphatic hydroxyl groups excluding tert-OH is 2. The second-order valence-electron chi connectivity index (χ2n) is 25.7. The first-order valence-corrected chi connectivity index (χ1v) is 34.3. The lowest BCUT2D eigenvalue weighted by Gasteiger charge is -2.27. The second-order valence-corrected chi connectivity index (χ2v) is 25.7. The van der Waals surface area contributed by atoms with Crippen LogP contribution >= 0.6 is 0 Å². The van der Waals surface area contributed by atoms with E-state index in [0.717, 1.165) is 20.8 Å². The highest BCUT2D eigenvalue weighted by atomic mass is 16.4. The summed E-state index contributed by atoms with van der Waals surface area (Å²) in [4.78, 5) is 246. The van der Waals surface area contributed by atoms with Gasteiger partial charge in [-0.3, -0.25) is 86.3 Å². The van der Waals surface area contributed by atoms with Crippen molar-refractivity contribution in [2.45, 2.75) is 236 Å². The molecular weight excluding hydrogens is 1410 g/mol. The lowest BCUT2D eigenvalue weighted by Crippen LogP contribution is -2.61. The van der Waals surface area contributed by atoms with Crippen molar-refractivity contribution in [1.82, 2.24) is 74.4 Å². The van der Waals surface area contributed by atoms with E-state index in [1.165, 1.54) is 6.92 Å². The maximum atomic E-state index is 14.0. The van der Waals surface area contributed by atoms with Crippen molar-refractivity contribution in [3.05, 3.63) is 0 Å². The van der Waals surface area contributed by atoms with Crippen LogP contribution in [0, 0.1) is 11.8 Å². The van der Waals surface area contributed by atoms with Gasteiger partial charge in [-0.2, -0.15) is 0 Å². The topological polar surface area (TPSA) is 718 Å². The minimum Gasteiger partial charge on any atom is -0.481 e. The Morgan fingerprint density at radius 2 is 0.651 bits per heavy atom. The number of nitrogens with two attached hydrogens (primary N) is 4. The number of aliphatic hydroxyl groups is 2. The van der Waals surface area contributed by atoms with Crippen LogP contribution in [0.15, 0.2) is 0 Å². The molecule has 0 heterocycles. The number of carboxylic acids is 4. The van der Waals surface area contributed by atoms with Gasteiger partial charge in [0.1, 0.15) is 84.6 Å². The molecule has 0 aromatic carbocycles. The number of nitrogens with one attached hydrogen (secondary N) is 14. The maximum Gasteiger partial charge on any atom is 0.326 e. The molecule has 15 amide bonds. The van der Waals surface area contributed by atoms with Crippen LogP contribution < -0.4 is 97.4 Å². The van der Waals surface area contributed by atoms with Crippen LogP contribution in [0.2, 0.25) is 0 Å². The third-order valence-corrected chi connectivity index (χ3v) is 15.7. The van der Waals surface area contributed by atoms with E-state index in [9.17, 15) is 117 Å². The third kappa shape index (κ3) is 38.5. The third-order valence-electron chi connectivity index (χ3n) is 15.7. The van der Waals surface area contributed by atoms with Crippen LogP contribution in [-0.2, 0) is 91.1 Å². The van der Waals surface area contributed by atoms with Crippen molar-refractivity contribution < 1.29 is 122 Å². The molecule has 43 nitrogen and oxygen atoms in total. The molecule has 0 aliphatic heterocycles. The number of carbonyl (C=O) groups excluding carboxylic acids is 15. The van der Waals surface area contributed by atoms with Crippen LogP contribution in [0.5, 0.6) is 0 Å². The number of hydrogen-bond acceptors (Lipinski definition) is 24. The molecule has 0 fully saturated rings. The van der Waals surface area contributed by atoms with Crippen molar-refractivity contribution in [1.29, 1.82) is 0 Å². The van der Waals surface area contributed by atoms with Crippen LogP contribution in [0.25, 0.3) is 0 Å². The highest BCUT2D eigenvalue weighted by Crippen LogP contribution is 2.12. The van der Waals surface area contributed by atoms with Gasteiger partial charge in [0.05, 0.1) is 19.8 Å². The monoisotopic (exact) mass is 1520 g/mol. The first kappa shape index (κ1) is 95.7. The van der Waals surface area contributed by atoms with E-state index in [-0.39, 0.29) is 45.2 Å². The Bertz CT molecular complexity index is 3050. The van der Waals surface area contributed by atoms with Crippen LogP contribution in [-0.4, -0.2) is 261 Å². The Morgan fingerprint density at radius 3 is 1.00 bits per heavy atom. The van der Waals surface area contributed by atoms with Crippen molar-refractivity contribution in [3.8, 4) is 0 Å². The van der Waals surface area contributed by atoms with Gasteiger partial charge in [0, 0.05) is 25.7 Å². The largest absolute Gasteiger partial charge is 0.481 e. The van der Waals surface area contributed by atoms with Crippen molar-refractivity contribution >= 4 is 112 Å². The zero-order chi connectivity index (χ0) is 81.2. The zero-order valence-corrected chi connectivity index (χ0v) is 60.6. The summed E-state index contributed by atoms with van der Waals surface area (Å²) in [5.74, 6) is -22.2. The SMILES string of the molecule is CC(C)C[C@H](NC(=O)[C@H](CO)NC(=O)[C@H](C)NC(=O)[C@H](CCC(N)=O)NC(=O)[C@@H](NC(=O)[C@@H](N)CO)C(C)C)C(=O)N[C@@H](CCC(=O)O)C(=O)N[C@@H](C)C(=O)N[C@@H](CCC(=O)O)C(=O)N[C@@H](C)C(=O)N[C@@H](CCCCN)C(=O)NCC(=O)N[C@@H](CCCCN)C(=O)N[C@@H](C)C(=O)N[C@@H](CCC(=O)O)C(=O)O. The Balaban J connectivity index is 6.39. The summed E-state index contributed by atoms with van der Waals surface area (Å²) in [6.07, 6.45) is -3.70. The average molecular weight is 1520 g/mol. The highest BCUT2D eigenvalue weighted by Gasteiger charge is 2.37. The predicted octanol–water partition coefficient (Wildman–Crippen LogP) is -9.30.